The molecule has 2 atom stereocenters. The number of nitrogens with one attached hydrogen (secondary N) is 2. The lowest BCUT2D eigenvalue weighted by molar-refractivity contribution is -0.150. The highest BCUT2D eigenvalue weighted by Crippen LogP contribution is 2.41. The Morgan fingerprint density at radius 3 is 2.78 bits per heavy atom. The monoisotopic (exact) mass is 587 g/mol. The average molecular weight is 588 g/mol. The summed E-state index contributed by atoms with van der Waals surface area (Å²) < 4.78 is 4.79. The van der Waals surface area contributed by atoms with Gasteiger partial charge < -0.3 is 27.1 Å². The predicted molar refractivity (Wildman–Crippen MR) is 138 cm³/mol. The zero-order valence-corrected chi connectivity index (χ0v) is 22.0. The third-order valence-corrected chi connectivity index (χ3v) is 9.68. The van der Waals surface area contributed by atoms with Crippen LogP contribution in [0.25, 0.3) is 0 Å². The fraction of sp³-hybridized carbons (Fsp3) is 0.294. The number of carbonyl (C=O) groups is 3. The maximum atomic E-state index is 12.9. The highest BCUT2D eigenvalue weighted by molar-refractivity contribution is 8.02. The van der Waals surface area contributed by atoms with Gasteiger partial charge in [0.15, 0.2) is 15.2 Å². The number of amidine groups is 1. The first kappa shape index (κ1) is 26.2. The van der Waals surface area contributed by atoms with Gasteiger partial charge in [-0.2, -0.15) is 4.37 Å². The molecule has 0 saturated carbocycles. The van der Waals surface area contributed by atoms with Crippen molar-refractivity contribution in [2.45, 2.75) is 20.9 Å². The number of hydrogen-bond donors (Lipinski definition) is 6. The Hall–Kier alpha value is -2.87. The number of fused-ring (bicyclic) bond motifs is 1. The van der Waals surface area contributed by atoms with E-state index >= 15 is 0 Å². The molecule has 0 radical (unpaired) electrons. The molecule has 36 heavy (non-hydrogen) atoms. The zero-order chi connectivity index (χ0) is 26.0. The number of nitrogens with zero attached hydrogens (tertiary/aromatic N) is 5. The number of aromatic nitrogens is 3. The van der Waals surface area contributed by atoms with E-state index in [4.69, 9.17) is 16.9 Å². The summed E-state index contributed by atoms with van der Waals surface area (Å²) in [6.45, 7) is 0. The first-order chi connectivity index (χ1) is 17.2. The number of rotatable bonds is 10. The number of amides is 2. The summed E-state index contributed by atoms with van der Waals surface area (Å²) in [6.07, 6.45) is 0. The van der Waals surface area contributed by atoms with E-state index in [2.05, 4.69) is 24.8 Å². The molecule has 14 nitrogen and oxygen atoms in total. The first-order valence-corrected chi connectivity index (χ1v) is 14.4. The lowest BCUT2D eigenvalue weighted by Gasteiger charge is -2.49. The van der Waals surface area contributed by atoms with Crippen molar-refractivity contribution >= 4 is 92.6 Å². The van der Waals surface area contributed by atoms with E-state index in [-0.39, 0.29) is 33.9 Å². The molecule has 2 aliphatic heterocycles. The molecule has 0 bridgehead atoms. The number of oxime groups is 1. The molecule has 2 aliphatic rings. The van der Waals surface area contributed by atoms with Crippen LogP contribution >= 0.6 is 58.2 Å². The summed E-state index contributed by atoms with van der Waals surface area (Å²) in [4.78, 5) is 46.9. The molecular weight excluding hydrogens is 571 g/mol. The van der Waals surface area contributed by atoms with Crippen LogP contribution in [0.1, 0.15) is 5.69 Å². The van der Waals surface area contributed by atoms with Gasteiger partial charge in [0.25, 0.3) is 11.8 Å². The third-order valence-electron chi connectivity index (χ3n) is 4.73. The molecule has 1 saturated heterocycles. The minimum Gasteiger partial charge on any atom is -0.477 e. The number of carboxylic acid groups (broad SMARTS) is 1. The van der Waals surface area contributed by atoms with E-state index in [1.807, 2.05) is 0 Å². The van der Waals surface area contributed by atoms with Gasteiger partial charge in [0.05, 0.1) is 5.75 Å². The molecule has 2 aromatic rings. The molecule has 8 N–H and O–H groups in total. The van der Waals surface area contributed by atoms with E-state index in [9.17, 15) is 24.7 Å². The van der Waals surface area contributed by atoms with Crippen molar-refractivity contribution in [3.05, 3.63) is 22.3 Å². The molecule has 0 unspecified atom stereocenters. The van der Waals surface area contributed by atoms with Crippen molar-refractivity contribution in [2.75, 3.05) is 23.0 Å². The summed E-state index contributed by atoms with van der Waals surface area (Å²) in [5.41, 5.74) is 11.0. The molecule has 0 spiro atoms. The number of carbonyl (C=O) groups excluding carboxylic acids is 2. The Balaban J connectivity index is 1.42. The Labute approximate surface area is 223 Å². The smallest absolute Gasteiger partial charge is 0.352 e. The lowest BCUT2D eigenvalue weighted by Crippen LogP contribution is -2.71. The Morgan fingerprint density at radius 1 is 1.36 bits per heavy atom. The van der Waals surface area contributed by atoms with Crippen LogP contribution in [0.15, 0.2) is 31.3 Å². The number of β-lactam (4-membered cyclic amide) rings is 1. The highest BCUT2D eigenvalue weighted by Gasteiger charge is 2.54. The summed E-state index contributed by atoms with van der Waals surface area (Å²) in [5, 5.41) is 33.3. The molecule has 2 aromatic heterocycles. The Bertz CT molecular complexity index is 1290. The fourth-order valence-electron chi connectivity index (χ4n) is 3.22. The largest absolute Gasteiger partial charge is 0.477 e. The molecule has 0 aromatic carbocycles. The van der Waals surface area contributed by atoms with Crippen molar-refractivity contribution in [3.8, 4) is 0 Å². The number of carboxylic acids is 1. The SMILES string of the molecule is N=C(N)CSc1nsc(SCC2=C(C(=O)O)N3C(=O)[C@@H](NC(=O)/C(=N/O)c4csc(N)n4)[C@H]3SC2)n1. The van der Waals surface area contributed by atoms with Gasteiger partial charge in [0, 0.05) is 16.9 Å². The molecule has 4 heterocycles. The van der Waals surface area contributed by atoms with E-state index < -0.39 is 34.9 Å². The molecule has 1 fully saturated rings. The maximum Gasteiger partial charge on any atom is 0.352 e. The van der Waals surface area contributed by atoms with Crippen molar-refractivity contribution in [1.82, 2.24) is 24.6 Å². The van der Waals surface area contributed by atoms with Crippen LogP contribution in [-0.4, -0.2) is 87.6 Å². The van der Waals surface area contributed by atoms with Gasteiger partial charge in [-0.15, -0.1) is 23.1 Å². The molecule has 2 amide bonds. The summed E-state index contributed by atoms with van der Waals surface area (Å²) >= 11 is 6.04. The van der Waals surface area contributed by atoms with Gasteiger partial charge >= 0.3 is 5.97 Å². The normalized spacial score (nSPS) is 19.6. The molecule has 19 heteroatoms. The lowest BCUT2D eigenvalue weighted by atomic mass is 10.0. The van der Waals surface area contributed by atoms with Crippen molar-refractivity contribution in [1.29, 1.82) is 5.41 Å². The fourth-order valence-corrected chi connectivity index (χ4v) is 7.63. The standard InChI is InChI=1S/C17H17N9O5S5/c18-7(19)4-34-16-23-17(36-25-16)35-2-5-1-32-13-9(12(28)26(13)10(5)14(29)30)22-11(27)8(24-31)6-3-33-15(20)21-6/h3,9,13,31H,1-2,4H2,(H3,18,19)(H2,20,21)(H,22,27)(H,29,30)/b24-8+/t9-,13-/m1/s1. The number of nitrogen functional groups attached to an aromatic ring is 1. The Morgan fingerprint density at radius 2 is 2.14 bits per heavy atom. The van der Waals surface area contributed by atoms with Gasteiger partial charge in [-0.3, -0.25) is 19.9 Å². The second-order valence-electron chi connectivity index (χ2n) is 7.08. The minimum absolute atomic E-state index is 0.00968. The van der Waals surface area contributed by atoms with Crippen LogP contribution in [0.3, 0.4) is 0 Å². The minimum atomic E-state index is -1.25. The maximum absolute atomic E-state index is 12.9. The van der Waals surface area contributed by atoms with Crippen LogP contribution in [0.2, 0.25) is 0 Å². The highest BCUT2D eigenvalue weighted by atomic mass is 32.2. The third kappa shape index (κ3) is 5.43. The number of anilines is 1. The second-order valence-corrected chi connectivity index (χ2v) is 12.0. The van der Waals surface area contributed by atoms with Gasteiger partial charge in [-0.25, -0.2) is 14.8 Å². The number of hydrogen-bond acceptors (Lipinski definition) is 15. The van der Waals surface area contributed by atoms with Crippen LogP contribution in [0.4, 0.5) is 5.13 Å². The summed E-state index contributed by atoms with van der Waals surface area (Å²) in [7, 11) is 0. The van der Waals surface area contributed by atoms with Gasteiger partial charge in [0.2, 0.25) is 5.16 Å². The first-order valence-electron chi connectivity index (χ1n) is 9.76. The van der Waals surface area contributed by atoms with Crippen molar-refractivity contribution in [2.24, 2.45) is 10.9 Å². The molecule has 4 rings (SSSR count). The van der Waals surface area contributed by atoms with Crippen LogP contribution in [-0.2, 0) is 14.4 Å². The number of aliphatic carboxylic acids is 1. The number of thiazole rings is 1. The Kier molecular flexibility index (Phi) is 8.03. The molecule has 190 valence electrons. The number of thioether (sulfide) groups is 3. The topological polar surface area (TPSA) is 234 Å². The zero-order valence-electron chi connectivity index (χ0n) is 17.9. The van der Waals surface area contributed by atoms with Crippen LogP contribution < -0.4 is 16.8 Å². The van der Waals surface area contributed by atoms with E-state index in [1.165, 1.54) is 40.7 Å². The molecular formula is C17H17N9O5S5. The van der Waals surface area contributed by atoms with Crippen molar-refractivity contribution in [3.63, 3.8) is 0 Å². The van der Waals surface area contributed by atoms with Crippen molar-refractivity contribution < 1.29 is 24.7 Å². The average Bonchev–Trinajstić information content (AvgIpc) is 3.48. The quantitative estimate of drug-likeness (QED) is 0.0549. The van der Waals surface area contributed by atoms with Gasteiger partial charge in [-0.05, 0) is 17.1 Å². The summed E-state index contributed by atoms with van der Waals surface area (Å²) in [5.74, 6) is -1.79. The number of nitrogens with two attached hydrogens (primary N) is 2. The van der Waals surface area contributed by atoms with Gasteiger partial charge in [0.1, 0.15) is 28.6 Å². The summed E-state index contributed by atoms with van der Waals surface area (Å²) in [6, 6.07) is -0.997. The van der Waals surface area contributed by atoms with E-state index in [0.717, 1.165) is 27.8 Å². The van der Waals surface area contributed by atoms with Crippen LogP contribution in [0, 0.1) is 5.41 Å². The van der Waals surface area contributed by atoms with E-state index in [0.29, 0.717) is 20.8 Å². The molecule has 0 aliphatic carbocycles. The van der Waals surface area contributed by atoms with E-state index in [1.54, 1.807) is 0 Å². The predicted octanol–water partition coefficient (Wildman–Crippen LogP) is 0.314. The van der Waals surface area contributed by atoms with Crippen LogP contribution in [0.5, 0.6) is 0 Å². The van der Waals surface area contributed by atoms with Gasteiger partial charge in [-0.1, -0.05) is 28.7 Å². The second kappa shape index (κ2) is 11.0.